The SMILES string of the molecule is CNC1COCCN(C2CC=CCCC2)C1=O. The lowest BCUT2D eigenvalue weighted by atomic mass is 10.1. The third-order valence-electron chi connectivity index (χ3n) is 3.61. The number of nitrogens with zero attached hydrogens (tertiary/aromatic N) is 1. The van der Waals surface area contributed by atoms with Gasteiger partial charge in [0.2, 0.25) is 5.91 Å². The fourth-order valence-corrected chi connectivity index (χ4v) is 2.56. The van der Waals surface area contributed by atoms with E-state index in [0.717, 1.165) is 25.8 Å². The Labute approximate surface area is 103 Å². The van der Waals surface area contributed by atoms with Crippen molar-refractivity contribution >= 4 is 5.91 Å². The largest absolute Gasteiger partial charge is 0.377 e. The van der Waals surface area contributed by atoms with Crippen molar-refractivity contribution in [3.63, 3.8) is 0 Å². The number of allylic oxidation sites excluding steroid dienone is 1. The van der Waals surface area contributed by atoms with Crippen LogP contribution < -0.4 is 5.32 Å². The van der Waals surface area contributed by atoms with Gasteiger partial charge in [-0.25, -0.2) is 0 Å². The van der Waals surface area contributed by atoms with Crippen molar-refractivity contribution in [2.75, 3.05) is 26.8 Å². The number of carbonyl (C=O) groups excluding carboxylic acids is 1. The molecule has 4 heteroatoms. The predicted molar refractivity (Wildman–Crippen MR) is 66.8 cm³/mol. The molecule has 96 valence electrons. The summed E-state index contributed by atoms with van der Waals surface area (Å²) in [5.41, 5.74) is 0. The fourth-order valence-electron chi connectivity index (χ4n) is 2.56. The van der Waals surface area contributed by atoms with Crippen LogP contribution in [0.2, 0.25) is 0 Å². The van der Waals surface area contributed by atoms with E-state index in [-0.39, 0.29) is 11.9 Å². The lowest BCUT2D eigenvalue weighted by molar-refractivity contribution is -0.134. The molecule has 1 fully saturated rings. The quantitative estimate of drug-likeness (QED) is 0.728. The zero-order valence-electron chi connectivity index (χ0n) is 10.5. The maximum absolute atomic E-state index is 12.3. The first-order valence-electron chi connectivity index (χ1n) is 6.53. The fraction of sp³-hybridized carbons (Fsp3) is 0.769. The van der Waals surface area contributed by atoms with Gasteiger partial charge in [0.05, 0.1) is 13.2 Å². The average molecular weight is 238 g/mol. The molecule has 1 amide bonds. The summed E-state index contributed by atoms with van der Waals surface area (Å²) >= 11 is 0. The highest BCUT2D eigenvalue weighted by molar-refractivity contribution is 5.82. The van der Waals surface area contributed by atoms with Gasteiger partial charge in [-0.2, -0.15) is 0 Å². The van der Waals surface area contributed by atoms with E-state index in [9.17, 15) is 4.79 Å². The minimum absolute atomic E-state index is 0.176. The summed E-state index contributed by atoms with van der Waals surface area (Å²) in [5.74, 6) is 0.199. The van der Waals surface area contributed by atoms with E-state index in [4.69, 9.17) is 4.74 Å². The van der Waals surface area contributed by atoms with Crippen LogP contribution in [-0.4, -0.2) is 49.7 Å². The first kappa shape index (κ1) is 12.6. The Morgan fingerprint density at radius 2 is 2.35 bits per heavy atom. The predicted octanol–water partition coefficient (Wildman–Crippen LogP) is 0.932. The number of hydrogen-bond donors (Lipinski definition) is 1. The second-order valence-electron chi connectivity index (χ2n) is 4.74. The summed E-state index contributed by atoms with van der Waals surface area (Å²) in [6.07, 6.45) is 8.86. The number of ether oxygens (including phenoxy) is 1. The van der Waals surface area contributed by atoms with Crippen LogP contribution in [0.5, 0.6) is 0 Å². The van der Waals surface area contributed by atoms with Crippen molar-refractivity contribution in [3.05, 3.63) is 12.2 Å². The molecule has 0 radical (unpaired) electrons. The van der Waals surface area contributed by atoms with Crippen molar-refractivity contribution in [2.45, 2.75) is 37.8 Å². The lowest BCUT2D eigenvalue weighted by Gasteiger charge is -2.31. The van der Waals surface area contributed by atoms with Gasteiger partial charge in [-0.05, 0) is 32.7 Å². The van der Waals surface area contributed by atoms with Crippen LogP contribution in [0.1, 0.15) is 25.7 Å². The maximum atomic E-state index is 12.3. The molecular weight excluding hydrogens is 216 g/mol. The minimum atomic E-state index is -0.176. The summed E-state index contributed by atoms with van der Waals surface area (Å²) in [6.45, 7) is 1.88. The van der Waals surface area contributed by atoms with Crippen molar-refractivity contribution in [2.24, 2.45) is 0 Å². The molecule has 4 nitrogen and oxygen atoms in total. The number of amides is 1. The van der Waals surface area contributed by atoms with Gasteiger partial charge in [0.15, 0.2) is 0 Å². The molecule has 2 aliphatic rings. The molecule has 0 spiro atoms. The summed E-state index contributed by atoms with van der Waals surface area (Å²) in [4.78, 5) is 14.4. The average Bonchev–Trinajstić information content (AvgIpc) is 2.69. The smallest absolute Gasteiger partial charge is 0.242 e. The van der Waals surface area contributed by atoms with E-state index in [2.05, 4.69) is 17.5 Å². The standard InChI is InChI=1S/C13H22N2O2/c1-14-12-10-17-9-8-15(13(12)16)11-6-4-2-3-5-7-11/h2,4,11-12,14H,3,5-10H2,1H3. The van der Waals surface area contributed by atoms with E-state index in [1.807, 2.05) is 11.9 Å². The molecule has 2 atom stereocenters. The molecular formula is C13H22N2O2. The van der Waals surface area contributed by atoms with Gasteiger partial charge in [0.25, 0.3) is 0 Å². The second kappa shape index (κ2) is 6.17. The van der Waals surface area contributed by atoms with Crippen molar-refractivity contribution in [3.8, 4) is 0 Å². The van der Waals surface area contributed by atoms with Crippen LogP contribution in [0.15, 0.2) is 12.2 Å². The van der Waals surface area contributed by atoms with Crippen LogP contribution in [-0.2, 0) is 9.53 Å². The molecule has 1 aliphatic carbocycles. The van der Waals surface area contributed by atoms with E-state index in [1.165, 1.54) is 6.42 Å². The number of hydrogen-bond acceptors (Lipinski definition) is 3. The van der Waals surface area contributed by atoms with Gasteiger partial charge < -0.3 is 15.0 Å². The molecule has 17 heavy (non-hydrogen) atoms. The van der Waals surface area contributed by atoms with E-state index >= 15 is 0 Å². The molecule has 0 aromatic rings. The zero-order valence-corrected chi connectivity index (χ0v) is 10.5. The third-order valence-corrected chi connectivity index (χ3v) is 3.61. The summed E-state index contributed by atoms with van der Waals surface area (Å²) in [6, 6.07) is 0.184. The molecule has 2 unspecified atom stereocenters. The molecule has 2 rings (SSSR count). The first-order chi connectivity index (χ1) is 8.33. The number of rotatable bonds is 2. The Balaban J connectivity index is 2.05. The van der Waals surface area contributed by atoms with Crippen molar-refractivity contribution in [1.82, 2.24) is 10.2 Å². The maximum Gasteiger partial charge on any atom is 0.242 e. The zero-order chi connectivity index (χ0) is 12.1. The molecule has 1 saturated heterocycles. The second-order valence-corrected chi connectivity index (χ2v) is 4.74. The normalized spacial score (nSPS) is 31.1. The molecule has 0 saturated carbocycles. The molecule has 0 bridgehead atoms. The number of nitrogens with one attached hydrogen (secondary N) is 1. The van der Waals surface area contributed by atoms with Crippen LogP contribution in [0.4, 0.5) is 0 Å². The monoisotopic (exact) mass is 238 g/mol. The van der Waals surface area contributed by atoms with E-state index < -0.39 is 0 Å². The molecule has 0 aromatic carbocycles. The molecule has 1 N–H and O–H groups in total. The lowest BCUT2D eigenvalue weighted by Crippen LogP contribution is -2.49. The third kappa shape index (κ3) is 3.07. The van der Waals surface area contributed by atoms with Crippen LogP contribution in [0.3, 0.4) is 0 Å². The van der Waals surface area contributed by atoms with E-state index in [1.54, 1.807) is 0 Å². The van der Waals surface area contributed by atoms with Gasteiger partial charge in [0.1, 0.15) is 6.04 Å². The Morgan fingerprint density at radius 3 is 3.18 bits per heavy atom. The van der Waals surface area contributed by atoms with Crippen molar-refractivity contribution in [1.29, 1.82) is 0 Å². The highest BCUT2D eigenvalue weighted by atomic mass is 16.5. The Bertz CT molecular complexity index is 291. The molecule has 1 aliphatic heterocycles. The van der Waals surface area contributed by atoms with Gasteiger partial charge in [-0.3, -0.25) is 4.79 Å². The van der Waals surface area contributed by atoms with Gasteiger partial charge in [-0.15, -0.1) is 0 Å². The first-order valence-corrected chi connectivity index (χ1v) is 6.53. The summed E-state index contributed by atoms with van der Waals surface area (Å²) in [7, 11) is 1.82. The molecule has 0 aromatic heterocycles. The summed E-state index contributed by atoms with van der Waals surface area (Å²) < 4.78 is 5.48. The van der Waals surface area contributed by atoms with Gasteiger partial charge >= 0.3 is 0 Å². The number of likely N-dealkylation sites (N-methyl/N-ethyl adjacent to an activating group) is 1. The van der Waals surface area contributed by atoms with Crippen LogP contribution in [0, 0.1) is 0 Å². The van der Waals surface area contributed by atoms with Crippen LogP contribution in [0.25, 0.3) is 0 Å². The van der Waals surface area contributed by atoms with Crippen molar-refractivity contribution < 1.29 is 9.53 Å². The number of carbonyl (C=O) groups is 1. The Kier molecular flexibility index (Phi) is 4.57. The van der Waals surface area contributed by atoms with E-state index in [0.29, 0.717) is 19.3 Å². The highest BCUT2D eigenvalue weighted by Gasteiger charge is 2.30. The Hall–Kier alpha value is -0.870. The van der Waals surface area contributed by atoms with Gasteiger partial charge in [-0.1, -0.05) is 12.2 Å². The summed E-state index contributed by atoms with van der Waals surface area (Å²) in [5, 5.41) is 3.04. The topological polar surface area (TPSA) is 41.6 Å². The minimum Gasteiger partial charge on any atom is -0.377 e. The highest BCUT2D eigenvalue weighted by Crippen LogP contribution is 2.19. The van der Waals surface area contributed by atoms with Gasteiger partial charge in [0, 0.05) is 12.6 Å². The molecule has 1 heterocycles. The van der Waals surface area contributed by atoms with Crippen LogP contribution >= 0.6 is 0 Å². The Morgan fingerprint density at radius 1 is 1.47 bits per heavy atom.